The standard InChI is InChI=1S/C13H17N3O4/c1-19-7-8-20-6-2-5-15-12-3-4-13(16(17)18)11(9-12)10-14/h3-4,9,15H,2,5-8H2,1H3. The van der Waals surface area contributed by atoms with Gasteiger partial charge in [0.2, 0.25) is 0 Å². The van der Waals surface area contributed by atoms with Crippen molar-refractivity contribution in [1.29, 1.82) is 5.26 Å². The van der Waals surface area contributed by atoms with Crippen molar-refractivity contribution in [3.63, 3.8) is 0 Å². The average molecular weight is 279 g/mol. The Hall–Kier alpha value is -2.17. The van der Waals surface area contributed by atoms with Crippen molar-refractivity contribution in [3.8, 4) is 6.07 Å². The Labute approximate surface area is 117 Å². The number of ether oxygens (including phenoxy) is 2. The summed E-state index contributed by atoms with van der Waals surface area (Å²) >= 11 is 0. The first-order chi connectivity index (χ1) is 9.69. The Morgan fingerprint density at radius 1 is 1.40 bits per heavy atom. The number of nitro benzene ring substituents is 1. The normalized spacial score (nSPS) is 10.0. The lowest BCUT2D eigenvalue weighted by Gasteiger charge is -2.07. The van der Waals surface area contributed by atoms with Crippen LogP contribution in [0.1, 0.15) is 12.0 Å². The molecule has 0 aromatic heterocycles. The van der Waals surface area contributed by atoms with E-state index in [1.54, 1.807) is 13.2 Å². The first-order valence-electron chi connectivity index (χ1n) is 6.18. The Balaban J connectivity index is 2.38. The van der Waals surface area contributed by atoms with Gasteiger partial charge in [0.15, 0.2) is 0 Å². The van der Waals surface area contributed by atoms with Gasteiger partial charge >= 0.3 is 0 Å². The minimum Gasteiger partial charge on any atom is -0.385 e. The van der Waals surface area contributed by atoms with Gasteiger partial charge in [-0.15, -0.1) is 0 Å². The van der Waals surface area contributed by atoms with Crippen LogP contribution in [0.15, 0.2) is 18.2 Å². The molecule has 7 nitrogen and oxygen atoms in total. The van der Waals surface area contributed by atoms with E-state index in [9.17, 15) is 10.1 Å². The van der Waals surface area contributed by atoms with Gasteiger partial charge in [-0.3, -0.25) is 10.1 Å². The Morgan fingerprint density at radius 2 is 2.20 bits per heavy atom. The van der Waals surface area contributed by atoms with E-state index in [2.05, 4.69) is 5.32 Å². The Kier molecular flexibility index (Phi) is 7.03. The number of nitrogens with one attached hydrogen (secondary N) is 1. The molecule has 1 N–H and O–H groups in total. The second-order valence-electron chi connectivity index (χ2n) is 3.99. The molecule has 1 rings (SSSR count). The summed E-state index contributed by atoms with van der Waals surface area (Å²) in [6.07, 6.45) is 0.794. The number of nitriles is 1. The van der Waals surface area contributed by atoms with E-state index in [4.69, 9.17) is 14.7 Å². The second kappa shape index (κ2) is 8.85. The molecule has 0 radical (unpaired) electrons. The summed E-state index contributed by atoms with van der Waals surface area (Å²) in [6.45, 7) is 2.40. The molecule has 108 valence electrons. The molecule has 7 heteroatoms. The molecular formula is C13H17N3O4. The maximum atomic E-state index is 10.7. The van der Waals surface area contributed by atoms with Gasteiger partial charge in [0, 0.05) is 32.0 Å². The molecule has 0 amide bonds. The van der Waals surface area contributed by atoms with Crippen LogP contribution in [-0.2, 0) is 9.47 Å². The molecule has 1 aromatic rings. The molecule has 1 aromatic carbocycles. The van der Waals surface area contributed by atoms with Crippen LogP contribution < -0.4 is 5.32 Å². The van der Waals surface area contributed by atoms with Gasteiger partial charge in [0.05, 0.1) is 18.1 Å². The molecule has 0 saturated heterocycles. The predicted octanol–water partition coefficient (Wildman–Crippen LogP) is 1.93. The van der Waals surface area contributed by atoms with Crippen LogP contribution in [0, 0.1) is 21.4 Å². The zero-order chi connectivity index (χ0) is 14.8. The lowest BCUT2D eigenvalue weighted by Crippen LogP contribution is -2.08. The predicted molar refractivity (Wildman–Crippen MR) is 73.6 cm³/mol. The van der Waals surface area contributed by atoms with Crippen molar-refractivity contribution in [1.82, 2.24) is 0 Å². The molecular weight excluding hydrogens is 262 g/mol. The van der Waals surface area contributed by atoms with E-state index >= 15 is 0 Å². The SMILES string of the molecule is COCCOCCCNc1ccc([N+](=O)[O-])c(C#N)c1. The largest absolute Gasteiger partial charge is 0.385 e. The van der Waals surface area contributed by atoms with Crippen molar-refractivity contribution < 1.29 is 14.4 Å². The van der Waals surface area contributed by atoms with Gasteiger partial charge in [-0.25, -0.2) is 0 Å². The van der Waals surface area contributed by atoms with Crippen LogP contribution >= 0.6 is 0 Å². The van der Waals surface area contributed by atoms with E-state index in [0.717, 1.165) is 6.42 Å². The maximum Gasteiger partial charge on any atom is 0.287 e. The Morgan fingerprint density at radius 3 is 2.85 bits per heavy atom. The maximum absolute atomic E-state index is 10.7. The molecule has 0 aliphatic heterocycles. The van der Waals surface area contributed by atoms with Crippen LogP contribution in [0.25, 0.3) is 0 Å². The number of hydrogen-bond acceptors (Lipinski definition) is 6. The highest BCUT2D eigenvalue weighted by Crippen LogP contribution is 2.21. The van der Waals surface area contributed by atoms with E-state index in [-0.39, 0.29) is 11.3 Å². The van der Waals surface area contributed by atoms with Crippen LogP contribution in [0.4, 0.5) is 11.4 Å². The molecule has 0 saturated carbocycles. The lowest BCUT2D eigenvalue weighted by molar-refractivity contribution is -0.385. The number of benzene rings is 1. The fraction of sp³-hybridized carbons (Fsp3) is 0.462. The molecule has 0 aliphatic carbocycles. The topological polar surface area (TPSA) is 97.4 Å². The number of methoxy groups -OCH3 is 1. The summed E-state index contributed by atoms with van der Waals surface area (Å²) in [5, 5.41) is 22.6. The minimum atomic E-state index is -0.564. The first kappa shape index (κ1) is 15.9. The lowest BCUT2D eigenvalue weighted by atomic mass is 10.1. The first-order valence-corrected chi connectivity index (χ1v) is 6.18. The summed E-state index contributed by atoms with van der Waals surface area (Å²) in [6, 6.07) is 6.22. The van der Waals surface area contributed by atoms with Crippen molar-refractivity contribution >= 4 is 11.4 Å². The summed E-state index contributed by atoms with van der Waals surface area (Å²) in [5.74, 6) is 0. The van der Waals surface area contributed by atoms with E-state index in [1.165, 1.54) is 12.1 Å². The molecule has 0 aliphatic rings. The van der Waals surface area contributed by atoms with Crippen LogP contribution in [-0.4, -0.2) is 38.4 Å². The fourth-order valence-corrected chi connectivity index (χ4v) is 1.55. The van der Waals surface area contributed by atoms with Crippen molar-refractivity contribution in [2.24, 2.45) is 0 Å². The number of anilines is 1. The Bertz CT molecular complexity index is 485. The smallest absolute Gasteiger partial charge is 0.287 e. The van der Waals surface area contributed by atoms with Crippen molar-refractivity contribution in [2.75, 3.05) is 38.8 Å². The van der Waals surface area contributed by atoms with Crippen molar-refractivity contribution in [3.05, 3.63) is 33.9 Å². The summed E-state index contributed by atoms with van der Waals surface area (Å²) < 4.78 is 10.1. The quantitative estimate of drug-likeness (QED) is 0.421. The number of rotatable bonds is 9. The third-order valence-electron chi connectivity index (χ3n) is 2.54. The van der Waals surface area contributed by atoms with Crippen molar-refractivity contribution in [2.45, 2.75) is 6.42 Å². The molecule has 0 bridgehead atoms. The fourth-order valence-electron chi connectivity index (χ4n) is 1.55. The molecule has 20 heavy (non-hydrogen) atoms. The molecule has 0 heterocycles. The van der Waals surface area contributed by atoms with Gasteiger partial charge in [-0.05, 0) is 18.6 Å². The van der Waals surface area contributed by atoms with Gasteiger partial charge in [-0.1, -0.05) is 0 Å². The molecule has 0 unspecified atom stereocenters. The highest BCUT2D eigenvalue weighted by Gasteiger charge is 2.13. The number of hydrogen-bond donors (Lipinski definition) is 1. The zero-order valence-electron chi connectivity index (χ0n) is 11.3. The van der Waals surface area contributed by atoms with Gasteiger partial charge < -0.3 is 14.8 Å². The molecule has 0 atom stereocenters. The van der Waals surface area contributed by atoms with Crippen LogP contribution in [0.2, 0.25) is 0 Å². The van der Waals surface area contributed by atoms with Crippen LogP contribution in [0.5, 0.6) is 0 Å². The monoisotopic (exact) mass is 279 g/mol. The highest BCUT2D eigenvalue weighted by atomic mass is 16.6. The minimum absolute atomic E-state index is 0.0522. The summed E-state index contributed by atoms with van der Waals surface area (Å²) in [4.78, 5) is 10.1. The average Bonchev–Trinajstić information content (AvgIpc) is 2.45. The summed E-state index contributed by atoms with van der Waals surface area (Å²) in [7, 11) is 1.62. The third kappa shape index (κ3) is 5.22. The second-order valence-corrected chi connectivity index (χ2v) is 3.99. The van der Waals surface area contributed by atoms with Crippen LogP contribution in [0.3, 0.4) is 0 Å². The van der Waals surface area contributed by atoms with Gasteiger partial charge in [-0.2, -0.15) is 5.26 Å². The zero-order valence-corrected chi connectivity index (χ0v) is 11.3. The van der Waals surface area contributed by atoms with E-state index in [1.807, 2.05) is 6.07 Å². The van der Waals surface area contributed by atoms with E-state index in [0.29, 0.717) is 32.1 Å². The summed E-state index contributed by atoms with van der Waals surface area (Å²) in [5.41, 5.74) is 0.557. The number of nitrogens with zero attached hydrogens (tertiary/aromatic N) is 2. The molecule has 0 spiro atoms. The van der Waals surface area contributed by atoms with E-state index < -0.39 is 4.92 Å². The van der Waals surface area contributed by atoms with Gasteiger partial charge in [0.25, 0.3) is 5.69 Å². The third-order valence-corrected chi connectivity index (χ3v) is 2.54. The molecule has 0 fully saturated rings. The highest BCUT2D eigenvalue weighted by molar-refractivity contribution is 5.58. The number of nitro groups is 1. The van der Waals surface area contributed by atoms with Gasteiger partial charge in [0.1, 0.15) is 11.6 Å².